The highest BCUT2D eigenvalue weighted by Gasteiger charge is 2.47. The molecule has 2 aliphatic rings. The van der Waals surface area contributed by atoms with Gasteiger partial charge in [0.2, 0.25) is 0 Å². The number of aromatic nitrogens is 1. The predicted molar refractivity (Wildman–Crippen MR) is 127 cm³/mol. The molecule has 33 heavy (non-hydrogen) atoms. The lowest BCUT2D eigenvalue weighted by molar-refractivity contribution is 0.0693. The lowest BCUT2D eigenvalue weighted by Crippen LogP contribution is -2.32. The Balaban J connectivity index is 1.76. The second-order valence-electron chi connectivity index (χ2n) is 9.87. The molecule has 0 amide bonds. The monoisotopic (exact) mass is 454 g/mol. The van der Waals surface area contributed by atoms with Crippen LogP contribution in [0.15, 0.2) is 29.2 Å². The number of benzene rings is 1. The zero-order chi connectivity index (χ0) is 23.8. The molecule has 178 valence electrons. The van der Waals surface area contributed by atoms with Crippen LogP contribution in [0.25, 0.3) is 11.3 Å². The molecule has 2 aromatic rings. The normalized spacial score (nSPS) is 20.0. The average Bonchev–Trinajstić information content (AvgIpc) is 3.10. The summed E-state index contributed by atoms with van der Waals surface area (Å²) in [5, 5.41) is 9.55. The molecule has 1 fully saturated rings. The number of nitrogens with zero attached hydrogens (tertiary/aromatic N) is 1. The maximum atomic E-state index is 12.6. The Hall–Kier alpha value is -2.80. The fourth-order valence-electron chi connectivity index (χ4n) is 5.59. The molecule has 1 aromatic heterocycles. The van der Waals surface area contributed by atoms with Crippen molar-refractivity contribution >= 4 is 5.97 Å². The number of ether oxygens (including phenoxy) is 2. The SMILES string of the molecule is COc1cc2c(cc1OCCCCCCN)[C@@H]1CCC(C)(C)[C@@H]1n1cc(C(=O)O)c(=O)cc1-2. The maximum Gasteiger partial charge on any atom is 0.341 e. The molecule has 0 bridgehead atoms. The van der Waals surface area contributed by atoms with E-state index in [-0.39, 0.29) is 22.9 Å². The number of fused-ring (bicyclic) bond motifs is 6. The van der Waals surface area contributed by atoms with Crippen LogP contribution in [-0.4, -0.2) is 35.9 Å². The van der Waals surface area contributed by atoms with Gasteiger partial charge in [0.25, 0.3) is 0 Å². The Kier molecular flexibility index (Phi) is 6.52. The Morgan fingerprint density at radius 2 is 1.94 bits per heavy atom. The first-order valence-corrected chi connectivity index (χ1v) is 11.8. The van der Waals surface area contributed by atoms with Crippen LogP contribution >= 0.6 is 0 Å². The van der Waals surface area contributed by atoms with Gasteiger partial charge in [0, 0.05) is 29.8 Å². The van der Waals surface area contributed by atoms with Crippen LogP contribution in [0.1, 0.15) is 80.3 Å². The molecule has 1 saturated carbocycles. The Morgan fingerprint density at radius 3 is 2.64 bits per heavy atom. The van der Waals surface area contributed by atoms with E-state index in [1.165, 1.54) is 12.3 Å². The predicted octanol–water partition coefficient (Wildman–Crippen LogP) is 4.58. The van der Waals surface area contributed by atoms with Crippen molar-refractivity contribution in [2.24, 2.45) is 11.1 Å². The highest BCUT2D eigenvalue weighted by Crippen LogP contribution is 2.59. The summed E-state index contributed by atoms with van der Waals surface area (Å²) in [7, 11) is 1.61. The van der Waals surface area contributed by atoms with Crippen LogP contribution in [-0.2, 0) is 0 Å². The van der Waals surface area contributed by atoms with Gasteiger partial charge in [-0.3, -0.25) is 4.79 Å². The fourth-order valence-corrected chi connectivity index (χ4v) is 5.59. The van der Waals surface area contributed by atoms with Gasteiger partial charge >= 0.3 is 5.97 Å². The Labute approximate surface area is 194 Å². The molecule has 1 aromatic carbocycles. The largest absolute Gasteiger partial charge is 0.493 e. The van der Waals surface area contributed by atoms with Crippen molar-refractivity contribution < 1.29 is 19.4 Å². The standard InChI is InChI=1S/C26H34N2O5/c1-26(2)9-8-16-17-12-23(33-11-7-5-4-6-10-27)22(32-3)13-18(17)20-14-21(29)19(25(30)31)15-28(20)24(16)26/h12-16,24H,4-11,27H2,1-3H3,(H,30,31)/t16-,24+/m0/s1. The number of carbonyl (C=O) groups is 1. The van der Waals surface area contributed by atoms with Gasteiger partial charge in [0.15, 0.2) is 16.9 Å². The molecule has 7 nitrogen and oxygen atoms in total. The zero-order valence-electron chi connectivity index (χ0n) is 19.7. The molecule has 1 aliphatic heterocycles. The first-order chi connectivity index (χ1) is 15.8. The first kappa shape index (κ1) is 23.4. The number of rotatable bonds is 9. The van der Waals surface area contributed by atoms with Crippen molar-refractivity contribution in [3.05, 3.63) is 45.7 Å². The summed E-state index contributed by atoms with van der Waals surface area (Å²) in [6.45, 7) is 5.76. The van der Waals surface area contributed by atoms with E-state index < -0.39 is 11.4 Å². The molecule has 0 spiro atoms. The average molecular weight is 455 g/mol. The van der Waals surface area contributed by atoms with E-state index in [0.717, 1.165) is 67.6 Å². The highest BCUT2D eigenvalue weighted by molar-refractivity contribution is 5.88. The fraction of sp³-hybridized carbons (Fsp3) is 0.538. The zero-order valence-corrected chi connectivity index (χ0v) is 19.7. The molecular formula is C26H34N2O5. The first-order valence-electron chi connectivity index (χ1n) is 11.8. The minimum atomic E-state index is -1.19. The van der Waals surface area contributed by atoms with Gasteiger partial charge in [-0.1, -0.05) is 26.7 Å². The van der Waals surface area contributed by atoms with Gasteiger partial charge in [0.1, 0.15) is 5.56 Å². The minimum Gasteiger partial charge on any atom is -0.493 e. The Bertz CT molecular complexity index is 1100. The quantitative estimate of drug-likeness (QED) is 0.538. The van der Waals surface area contributed by atoms with Crippen LogP contribution in [0.4, 0.5) is 0 Å². The lowest BCUT2D eigenvalue weighted by atomic mass is 9.77. The van der Waals surface area contributed by atoms with Gasteiger partial charge in [-0.2, -0.15) is 0 Å². The number of pyridine rings is 1. The van der Waals surface area contributed by atoms with Gasteiger partial charge in [-0.25, -0.2) is 4.79 Å². The van der Waals surface area contributed by atoms with Crippen LogP contribution in [0, 0.1) is 5.41 Å². The number of hydrogen-bond acceptors (Lipinski definition) is 5. The third kappa shape index (κ3) is 4.26. The van der Waals surface area contributed by atoms with Crippen molar-refractivity contribution in [2.45, 2.75) is 64.3 Å². The van der Waals surface area contributed by atoms with Crippen molar-refractivity contribution in [1.29, 1.82) is 0 Å². The number of nitrogens with two attached hydrogens (primary N) is 1. The number of aromatic carboxylic acids is 1. The third-order valence-corrected chi connectivity index (χ3v) is 7.26. The van der Waals surface area contributed by atoms with Crippen molar-refractivity contribution in [3.63, 3.8) is 0 Å². The number of carboxylic acid groups (broad SMARTS) is 1. The number of hydrogen-bond donors (Lipinski definition) is 2. The molecule has 4 rings (SSSR count). The van der Waals surface area contributed by atoms with Crippen molar-refractivity contribution in [2.75, 3.05) is 20.3 Å². The van der Waals surface area contributed by atoms with Gasteiger partial charge < -0.3 is 24.9 Å². The van der Waals surface area contributed by atoms with Crippen LogP contribution in [0.3, 0.4) is 0 Å². The van der Waals surface area contributed by atoms with E-state index in [0.29, 0.717) is 12.4 Å². The Morgan fingerprint density at radius 1 is 1.18 bits per heavy atom. The van der Waals surface area contributed by atoms with E-state index in [9.17, 15) is 14.7 Å². The van der Waals surface area contributed by atoms with E-state index in [2.05, 4.69) is 19.9 Å². The molecule has 0 saturated heterocycles. The van der Waals surface area contributed by atoms with Crippen LogP contribution in [0.2, 0.25) is 0 Å². The lowest BCUT2D eigenvalue weighted by Gasteiger charge is -2.40. The van der Waals surface area contributed by atoms with Gasteiger partial charge in [0.05, 0.1) is 19.4 Å². The molecular weight excluding hydrogens is 420 g/mol. The topological polar surface area (TPSA) is 104 Å². The summed E-state index contributed by atoms with van der Waals surface area (Å²) >= 11 is 0. The minimum absolute atomic E-state index is 0.0358. The summed E-state index contributed by atoms with van der Waals surface area (Å²) in [6.07, 6.45) is 7.70. The third-order valence-electron chi connectivity index (χ3n) is 7.26. The summed E-state index contributed by atoms with van der Waals surface area (Å²) in [6, 6.07) is 5.54. The molecule has 0 unspecified atom stereocenters. The number of unbranched alkanes of at least 4 members (excludes halogenated alkanes) is 3. The van der Waals surface area contributed by atoms with Crippen LogP contribution < -0.4 is 20.6 Å². The molecule has 2 heterocycles. The number of methoxy groups -OCH3 is 1. The summed E-state index contributed by atoms with van der Waals surface area (Å²) in [5.41, 5.74) is 7.66. The summed E-state index contributed by atoms with van der Waals surface area (Å²) in [4.78, 5) is 24.3. The second kappa shape index (κ2) is 9.21. The molecule has 0 radical (unpaired) electrons. The van der Waals surface area contributed by atoms with Crippen LogP contribution in [0.5, 0.6) is 11.5 Å². The molecule has 7 heteroatoms. The summed E-state index contributed by atoms with van der Waals surface area (Å²) < 4.78 is 13.8. The van der Waals surface area contributed by atoms with E-state index in [1.807, 2.05) is 10.6 Å². The van der Waals surface area contributed by atoms with Gasteiger partial charge in [-0.15, -0.1) is 0 Å². The molecule has 3 N–H and O–H groups in total. The summed E-state index contributed by atoms with van der Waals surface area (Å²) in [5.74, 6) is 0.356. The smallest absolute Gasteiger partial charge is 0.341 e. The van der Waals surface area contributed by atoms with Crippen molar-refractivity contribution in [3.8, 4) is 22.8 Å². The molecule has 2 atom stereocenters. The maximum absolute atomic E-state index is 12.6. The van der Waals surface area contributed by atoms with E-state index in [4.69, 9.17) is 15.2 Å². The van der Waals surface area contributed by atoms with E-state index in [1.54, 1.807) is 7.11 Å². The van der Waals surface area contributed by atoms with Gasteiger partial charge in [-0.05, 0) is 55.3 Å². The second-order valence-corrected chi connectivity index (χ2v) is 9.87. The van der Waals surface area contributed by atoms with E-state index >= 15 is 0 Å². The number of carboxylic acids is 1. The van der Waals surface area contributed by atoms with Crippen molar-refractivity contribution in [1.82, 2.24) is 4.57 Å². The molecule has 1 aliphatic carbocycles. The highest BCUT2D eigenvalue weighted by atomic mass is 16.5.